The number of nitrogens with two attached hydrogens (primary N) is 1. The molecule has 23 heavy (non-hydrogen) atoms. The summed E-state index contributed by atoms with van der Waals surface area (Å²) in [5, 5.41) is 3.34. The number of likely N-dealkylation sites (tertiary alicyclic amines) is 1. The molecule has 2 heterocycles. The first kappa shape index (κ1) is 15.8. The number of hydrogen-bond acceptors (Lipinski definition) is 4. The minimum absolute atomic E-state index is 0.110. The van der Waals surface area contributed by atoms with Gasteiger partial charge in [-0.1, -0.05) is 0 Å². The molecule has 2 aliphatic rings. The number of nitrogens with zero attached hydrogens (tertiary/aromatic N) is 2. The molecule has 1 aliphatic heterocycles. The third kappa shape index (κ3) is 3.46. The molecule has 6 nitrogen and oxygen atoms in total. The van der Waals surface area contributed by atoms with Gasteiger partial charge in [0.1, 0.15) is 5.82 Å². The lowest BCUT2D eigenvalue weighted by Gasteiger charge is -2.34. The van der Waals surface area contributed by atoms with E-state index in [0.29, 0.717) is 17.9 Å². The van der Waals surface area contributed by atoms with Gasteiger partial charge in [-0.15, -0.1) is 0 Å². The molecule has 1 aromatic rings. The number of amides is 2. The molecule has 6 heteroatoms. The van der Waals surface area contributed by atoms with Crippen LogP contribution in [0.1, 0.15) is 47.3 Å². The van der Waals surface area contributed by atoms with E-state index in [-0.39, 0.29) is 17.9 Å². The Kier molecular flexibility index (Phi) is 4.24. The van der Waals surface area contributed by atoms with Gasteiger partial charge in [-0.05, 0) is 51.2 Å². The van der Waals surface area contributed by atoms with Gasteiger partial charge in [0.2, 0.25) is 5.91 Å². The number of nitrogens with one attached hydrogen (secondary N) is 1. The molecule has 1 aliphatic carbocycles. The number of aromatic nitrogens is 1. The predicted octanol–water partition coefficient (Wildman–Crippen LogP) is 1.61. The molecule has 1 atom stereocenters. The molecule has 2 amide bonds. The van der Waals surface area contributed by atoms with Gasteiger partial charge in [-0.25, -0.2) is 4.98 Å². The van der Waals surface area contributed by atoms with Crippen molar-refractivity contribution in [1.29, 1.82) is 0 Å². The molecule has 3 rings (SSSR count). The molecule has 124 valence electrons. The van der Waals surface area contributed by atoms with Crippen molar-refractivity contribution in [2.45, 2.75) is 45.6 Å². The first-order valence-corrected chi connectivity index (χ1v) is 8.29. The maximum atomic E-state index is 12.2. The van der Waals surface area contributed by atoms with Crippen LogP contribution >= 0.6 is 0 Å². The zero-order valence-electron chi connectivity index (χ0n) is 13.8. The Morgan fingerprint density at radius 2 is 2.04 bits per heavy atom. The molecule has 1 saturated heterocycles. The van der Waals surface area contributed by atoms with Crippen molar-refractivity contribution >= 4 is 17.6 Å². The highest BCUT2D eigenvalue weighted by Gasteiger charge is 2.35. The monoisotopic (exact) mass is 316 g/mol. The summed E-state index contributed by atoms with van der Waals surface area (Å²) in [5.41, 5.74) is 7.71. The largest absolute Gasteiger partial charge is 0.365 e. The van der Waals surface area contributed by atoms with Crippen LogP contribution in [0.15, 0.2) is 6.07 Å². The van der Waals surface area contributed by atoms with Crippen molar-refractivity contribution in [2.24, 2.45) is 11.7 Å². The minimum atomic E-state index is -0.482. The van der Waals surface area contributed by atoms with Crippen LogP contribution < -0.4 is 11.1 Å². The van der Waals surface area contributed by atoms with E-state index in [2.05, 4.69) is 10.3 Å². The smallest absolute Gasteiger partial charge is 0.252 e. The van der Waals surface area contributed by atoms with Gasteiger partial charge >= 0.3 is 0 Å². The Bertz CT molecular complexity index is 640. The normalized spacial score (nSPS) is 21.1. The van der Waals surface area contributed by atoms with Gasteiger partial charge in [0, 0.05) is 30.7 Å². The summed E-state index contributed by atoms with van der Waals surface area (Å²) in [6.07, 6.45) is 3.98. The second-order valence-electron chi connectivity index (χ2n) is 6.69. The number of pyridine rings is 1. The van der Waals surface area contributed by atoms with Crippen LogP contribution in [0, 0.1) is 19.8 Å². The molecule has 0 radical (unpaired) electrons. The first-order chi connectivity index (χ1) is 11.0. The molecule has 1 saturated carbocycles. The van der Waals surface area contributed by atoms with Crippen LogP contribution in [-0.4, -0.2) is 40.8 Å². The quantitative estimate of drug-likeness (QED) is 0.883. The fourth-order valence-electron chi connectivity index (χ4n) is 3.08. The maximum absolute atomic E-state index is 12.2. The van der Waals surface area contributed by atoms with Gasteiger partial charge in [-0.2, -0.15) is 0 Å². The fourth-order valence-corrected chi connectivity index (χ4v) is 3.08. The van der Waals surface area contributed by atoms with Crippen LogP contribution in [0.2, 0.25) is 0 Å². The van der Waals surface area contributed by atoms with Crippen molar-refractivity contribution < 1.29 is 9.59 Å². The van der Waals surface area contributed by atoms with E-state index in [0.717, 1.165) is 43.5 Å². The highest BCUT2D eigenvalue weighted by atomic mass is 16.2. The zero-order chi connectivity index (χ0) is 16.6. The van der Waals surface area contributed by atoms with Crippen molar-refractivity contribution in [2.75, 3.05) is 18.4 Å². The second kappa shape index (κ2) is 6.18. The number of rotatable bonds is 4. The Morgan fingerprint density at radius 1 is 1.30 bits per heavy atom. The third-order valence-electron chi connectivity index (χ3n) is 4.73. The van der Waals surface area contributed by atoms with Gasteiger partial charge in [0.15, 0.2) is 0 Å². The number of hydrogen-bond donors (Lipinski definition) is 2. The van der Waals surface area contributed by atoms with E-state index in [1.807, 2.05) is 18.7 Å². The second-order valence-corrected chi connectivity index (χ2v) is 6.69. The van der Waals surface area contributed by atoms with Crippen molar-refractivity contribution in [3.05, 3.63) is 22.9 Å². The first-order valence-electron chi connectivity index (χ1n) is 8.29. The summed E-state index contributed by atoms with van der Waals surface area (Å²) < 4.78 is 0. The molecule has 3 N–H and O–H groups in total. The van der Waals surface area contributed by atoms with Crippen LogP contribution in [0.25, 0.3) is 0 Å². The highest BCUT2D eigenvalue weighted by Crippen LogP contribution is 2.32. The summed E-state index contributed by atoms with van der Waals surface area (Å²) in [5.74, 6) is 0.575. The van der Waals surface area contributed by atoms with E-state index in [9.17, 15) is 9.59 Å². The minimum Gasteiger partial charge on any atom is -0.365 e. The van der Waals surface area contributed by atoms with Gasteiger partial charge in [-0.3, -0.25) is 9.59 Å². The summed E-state index contributed by atoms with van der Waals surface area (Å²) >= 11 is 0. The Hall–Kier alpha value is -2.11. The van der Waals surface area contributed by atoms with E-state index in [4.69, 9.17) is 5.73 Å². The highest BCUT2D eigenvalue weighted by molar-refractivity contribution is 5.97. The van der Waals surface area contributed by atoms with Crippen LogP contribution in [-0.2, 0) is 4.79 Å². The number of carbonyl (C=O) groups excluding carboxylic acids is 2. The number of anilines is 1. The van der Waals surface area contributed by atoms with Crippen LogP contribution in [0.3, 0.4) is 0 Å². The maximum Gasteiger partial charge on any atom is 0.252 e. The average Bonchev–Trinajstić information content (AvgIpc) is 3.35. The average molecular weight is 316 g/mol. The number of carbonyl (C=O) groups is 2. The summed E-state index contributed by atoms with van der Waals surface area (Å²) in [7, 11) is 0. The van der Waals surface area contributed by atoms with Crippen molar-refractivity contribution in [3.8, 4) is 0 Å². The molecule has 0 aromatic carbocycles. The number of primary amides is 1. The predicted molar refractivity (Wildman–Crippen MR) is 88.2 cm³/mol. The van der Waals surface area contributed by atoms with Crippen molar-refractivity contribution in [3.63, 3.8) is 0 Å². The van der Waals surface area contributed by atoms with Crippen molar-refractivity contribution in [1.82, 2.24) is 9.88 Å². The summed E-state index contributed by atoms with van der Waals surface area (Å²) in [4.78, 5) is 30.4. The zero-order valence-corrected chi connectivity index (χ0v) is 13.8. The van der Waals surface area contributed by atoms with E-state index >= 15 is 0 Å². The number of piperidine rings is 1. The van der Waals surface area contributed by atoms with Crippen LogP contribution in [0.5, 0.6) is 0 Å². The molecule has 0 bridgehead atoms. The fraction of sp³-hybridized carbons (Fsp3) is 0.588. The molecular formula is C17H24N4O2. The molecular weight excluding hydrogens is 292 g/mol. The lowest BCUT2D eigenvalue weighted by molar-refractivity contribution is -0.133. The number of aryl methyl sites for hydroxylation is 2. The van der Waals surface area contributed by atoms with Gasteiger partial charge < -0.3 is 16.0 Å². The van der Waals surface area contributed by atoms with Gasteiger partial charge in [0.05, 0.1) is 5.56 Å². The van der Waals surface area contributed by atoms with Crippen LogP contribution in [0.4, 0.5) is 5.82 Å². The topological polar surface area (TPSA) is 88.3 Å². The molecule has 2 fully saturated rings. The molecule has 1 aromatic heterocycles. The van der Waals surface area contributed by atoms with E-state index < -0.39 is 5.91 Å². The summed E-state index contributed by atoms with van der Waals surface area (Å²) in [6, 6.07) is 1.89. The molecule has 0 spiro atoms. The standard InChI is InChI=1S/C17H24N4O2/c1-10-8-14(15(18)22)16(19-11(10)2)20-13-4-3-7-21(9-13)17(23)12-5-6-12/h8,12-13H,3-7,9H2,1-2H3,(H2,18,22)(H,19,20). The Labute approximate surface area is 136 Å². The summed E-state index contributed by atoms with van der Waals surface area (Å²) in [6.45, 7) is 5.32. The molecule has 1 unspecified atom stereocenters. The Morgan fingerprint density at radius 3 is 2.70 bits per heavy atom. The Balaban J connectivity index is 1.74. The van der Waals surface area contributed by atoms with E-state index in [1.165, 1.54) is 0 Å². The third-order valence-corrected chi connectivity index (χ3v) is 4.73. The lowest BCUT2D eigenvalue weighted by Crippen LogP contribution is -2.46. The van der Waals surface area contributed by atoms with Gasteiger partial charge in [0.25, 0.3) is 5.91 Å². The van der Waals surface area contributed by atoms with E-state index in [1.54, 1.807) is 6.07 Å². The lowest BCUT2D eigenvalue weighted by atomic mass is 10.0. The SMILES string of the molecule is Cc1cc(C(N)=O)c(NC2CCCN(C(=O)C3CC3)C2)nc1C.